The Hall–Kier alpha value is -4.38. The minimum atomic E-state index is -1.09. The van der Waals surface area contributed by atoms with Gasteiger partial charge in [-0.15, -0.1) is 0 Å². The van der Waals surface area contributed by atoms with Gasteiger partial charge in [-0.05, 0) is 43.1 Å². The van der Waals surface area contributed by atoms with E-state index in [1.54, 1.807) is 6.92 Å². The minimum Gasteiger partial charge on any atom is -0.370 e. The summed E-state index contributed by atoms with van der Waals surface area (Å²) in [6.07, 6.45) is 1.49. The van der Waals surface area contributed by atoms with Gasteiger partial charge in [-0.25, -0.2) is 0 Å². The topological polar surface area (TPSA) is 279 Å². The van der Waals surface area contributed by atoms with Gasteiger partial charge in [0.1, 0.15) is 24.2 Å². The van der Waals surface area contributed by atoms with Crippen molar-refractivity contribution in [3.05, 3.63) is 35.9 Å². The molecule has 1 rings (SSSR count). The van der Waals surface area contributed by atoms with Crippen molar-refractivity contribution in [1.29, 1.82) is 0 Å². The Kier molecular flexibility index (Phi) is 19.4. The number of hydrogen-bond donors (Lipinski definition) is 10. The maximum absolute atomic E-state index is 13.2. The Balaban J connectivity index is 2.91. The molecule has 1 aromatic rings. The molecule has 6 amide bonds. The number of amides is 6. The highest BCUT2D eigenvalue weighted by atomic mass is 32.1. The molecule has 17 heteroatoms. The van der Waals surface area contributed by atoms with Crippen molar-refractivity contribution >= 4 is 54.0 Å². The molecule has 0 saturated heterocycles. The van der Waals surface area contributed by atoms with Gasteiger partial charge in [0.05, 0.1) is 12.6 Å². The van der Waals surface area contributed by atoms with Crippen molar-refractivity contribution < 1.29 is 28.8 Å². The number of hydrogen-bond acceptors (Lipinski definition) is 9. The van der Waals surface area contributed by atoms with Gasteiger partial charge in [0, 0.05) is 12.3 Å². The van der Waals surface area contributed by atoms with Crippen LogP contribution in [0.4, 0.5) is 0 Å². The fourth-order valence-electron chi connectivity index (χ4n) is 4.67. The fraction of sp³-hybridized carbons (Fsp3) is 0.594. The summed E-state index contributed by atoms with van der Waals surface area (Å²) in [5, 5.41) is 12.9. The third kappa shape index (κ3) is 16.5. The monoisotopic (exact) mass is 706 g/mol. The van der Waals surface area contributed by atoms with Gasteiger partial charge in [-0.3, -0.25) is 33.8 Å². The third-order valence-corrected chi connectivity index (χ3v) is 8.00. The van der Waals surface area contributed by atoms with Gasteiger partial charge in [-0.1, -0.05) is 64.4 Å². The van der Waals surface area contributed by atoms with Gasteiger partial charge < -0.3 is 49.5 Å². The van der Waals surface area contributed by atoms with E-state index in [1.165, 1.54) is 0 Å². The first-order chi connectivity index (χ1) is 23.1. The number of aliphatic imine (C=N–C) groups is 1. The summed E-state index contributed by atoms with van der Waals surface area (Å²) in [6.45, 7) is 6.97. The first-order valence-electron chi connectivity index (χ1n) is 16.3. The molecule has 6 atom stereocenters. The number of nitrogens with one attached hydrogen (secondary N) is 5. The molecule has 274 valence electrons. The van der Waals surface area contributed by atoms with Crippen molar-refractivity contribution in [1.82, 2.24) is 26.6 Å². The zero-order valence-corrected chi connectivity index (χ0v) is 29.6. The molecule has 0 heterocycles. The first kappa shape index (κ1) is 42.6. The lowest BCUT2D eigenvalue weighted by Gasteiger charge is -2.27. The molecule has 1 aromatic carbocycles. The van der Waals surface area contributed by atoms with Gasteiger partial charge in [-0.2, -0.15) is 12.6 Å². The van der Waals surface area contributed by atoms with Crippen molar-refractivity contribution in [2.45, 2.75) is 90.0 Å². The molecule has 0 aliphatic heterocycles. The Morgan fingerprint density at radius 1 is 0.816 bits per heavy atom. The summed E-state index contributed by atoms with van der Waals surface area (Å²) in [5.74, 6) is -4.40. The number of benzene rings is 1. The molecule has 0 aliphatic rings. The average Bonchev–Trinajstić information content (AvgIpc) is 3.05. The molecule has 0 fully saturated rings. The lowest BCUT2D eigenvalue weighted by Crippen LogP contribution is -2.59. The summed E-state index contributed by atoms with van der Waals surface area (Å²) in [6, 6.07) is 4.07. The molecule has 13 N–H and O–H groups in total. The second kappa shape index (κ2) is 22.3. The number of carbonyl (C=O) groups excluding carboxylic acids is 6. The third-order valence-electron chi connectivity index (χ3n) is 7.63. The highest BCUT2D eigenvalue weighted by Gasteiger charge is 2.31. The Bertz CT molecular complexity index is 1280. The maximum Gasteiger partial charge on any atom is 0.244 e. The van der Waals surface area contributed by atoms with E-state index in [0.29, 0.717) is 19.3 Å². The van der Waals surface area contributed by atoms with Crippen molar-refractivity contribution in [3.8, 4) is 0 Å². The number of nitrogens with two attached hydrogens (primary N) is 4. The molecule has 0 aromatic heterocycles. The van der Waals surface area contributed by atoms with E-state index in [2.05, 4.69) is 44.2 Å². The summed E-state index contributed by atoms with van der Waals surface area (Å²) in [5.41, 5.74) is 23.1. The first-order valence-corrected chi connectivity index (χ1v) is 17.0. The van der Waals surface area contributed by atoms with Crippen LogP contribution in [-0.2, 0) is 35.2 Å². The van der Waals surface area contributed by atoms with Crippen LogP contribution in [0.15, 0.2) is 35.3 Å². The zero-order chi connectivity index (χ0) is 37.1. The second-order valence-corrected chi connectivity index (χ2v) is 12.7. The van der Waals surface area contributed by atoms with E-state index in [-0.39, 0.29) is 42.9 Å². The average molecular weight is 707 g/mol. The molecule has 0 radical (unpaired) electrons. The van der Waals surface area contributed by atoms with Crippen LogP contribution in [0.1, 0.15) is 58.9 Å². The van der Waals surface area contributed by atoms with Gasteiger partial charge in [0.25, 0.3) is 0 Å². The smallest absolute Gasteiger partial charge is 0.244 e. The number of rotatable bonds is 22. The van der Waals surface area contributed by atoms with Gasteiger partial charge >= 0.3 is 0 Å². The van der Waals surface area contributed by atoms with Crippen LogP contribution in [0, 0.1) is 11.8 Å². The molecule has 16 nitrogen and oxygen atoms in total. The maximum atomic E-state index is 13.2. The standard InChI is InChI=1S/C32H54N10O6S/c1-5-19(4)26(42-30(47)24(17-49)41-28(45)21(33)15-20-10-7-6-8-11-20)31(48)38-16-25(43)39-22(12-9-13-37-32(35)36)29(46)40-23(27(34)44)14-18(2)3/h6-8,10-11,18-19,21-24,26,49H,5,9,12-17,33H2,1-4H3,(H2,34,44)(H,38,48)(H,39,43)(H,40,46)(H,41,45)(H,42,47)(H4,35,36,37)/t19-,21-,22-,23-,24-,26-/m0/s1. The number of thiol groups is 1. The molecule has 0 saturated carbocycles. The number of primary amides is 1. The minimum absolute atomic E-state index is 0.0541. The van der Waals surface area contributed by atoms with Crippen molar-refractivity contribution in [3.63, 3.8) is 0 Å². The quantitative estimate of drug-likeness (QED) is 0.0281. The van der Waals surface area contributed by atoms with E-state index >= 15 is 0 Å². The van der Waals surface area contributed by atoms with E-state index in [1.807, 2.05) is 51.1 Å². The summed E-state index contributed by atoms with van der Waals surface area (Å²) < 4.78 is 0. The van der Waals surface area contributed by atoms with E-state index in [0.717, 1.165) is 5.56 Å². The normalized spacial score (nSPS) is 14.6. The largest absolute Gasteiger partial charge is 0.370 e. The van der Waals surface area contributed by atoms with Crippen LogP contribution in [0.3, 0.4) is 0 Å². The molecule has 0 unspecified atom stereocenters. The van der Waals surface area contributed by atoms with Crippen LogP contribution in [-0.4, -0.2) is 90.5 Å². The van der Waals surface area contributed by atoms with Gasteiger partial charge in [0.15, 0.2) is 5.96 Å². The predicted octanol–water partition coefficient (Wildman–Crippen LogP) is -1.83. The Labute approximate surface area is 293 Å². The lowest BCUT2D eigenvalue weighted by molar-refractivity contribution is -0.134. The van der Waals surface area contributed by atoms with Crippen LogP contribution in [0.2, 0.25) is 0 Å². The molecular formula is C32H54N10O6S. The summed E-state index contributed by atoms with van der Waals surface area (Å²) in [7, 11) is 0. The molecule has 0 bridgehead atoms. The van der Waals surface area contributed by atoms with Crippen molar-refractivity contribution in [2.24, 2.45) is 39.8 Å². The molecule has 0 spiro atoms. The van der Waals surface area contributed by atoms with Crippen LogP contribution < -0.4 is 49.5 Å². The SMILES string of the molecule is CC[C@H](C)[C@H](NC(=O)[C@H](CS)NC(=O)[C@@H](N)Cc1ccccc1)C(=O)NCC(=O)N[C@@H](CCCN=C(N)N)C(=O)N[C@@H](CC(C)C)C(N)=O. The van der Waals surface area contributed by atoms with Crippen LogP contribution in [0.25, 0.3) is 0 Å². The zero-order valence-electron chi connectivity index (χ0n) is 28.7. The van der Waals surface area contributed by atoms with Crippen molar-refractivity contribution in [2.75, 3.05) is 18.8 Å². The predicted molar refractivity (Wildman–Crippen MR) is 191 cm³/mol. The van der Waals surface area contributed by atoms with E-state index < -0.39 is 72.2 Å². The molecule has 0 aliphatic carbocycles. The molecule has 49 heavy (non-hydrogen) atoms. The highest BCUT2D eigenvalue weighted by Crippen LogP contribution is 2.10. The Morgan fingerprint density at radius 3 is 1.98 bits per heavy atom. The lowest BCUT2D eigenvalue weighted by atomic mass is 9.98. The number of nitrogens with zero attached hydrogens (tertiary/aromatic N) is 1. The van der Waals surface area contributed by atoms with Gasteiger partial charge in [0.2, 0.25) is 35.4 Å². The van der Waals surface area contributed by atoms with E-state index in [4.69, 9.17) is 22.9 Å². The fourth-order valence-corrected chi connectivity index (χ4v) is 4.93. The van der Waals surface area contributed by atoms with Crippen LogP contribution >= 0.6 is 12.6 Å². The summed E-state index contributed by atoms with van der Waals surface area (Å²) in [4.78, 5) is 81.0. The van der Waals surface area contributed by atoms with Crippen LogP contribution in [0.5, 0.6) is 0 Å². The number of carbonyl (C=O) groups is 6. The highest BCUT2D eigenvalue weighted by molar-refractivity contribution is 7.80. The Morgan fingerprint density at radius 2 is 1.43 bits per heavy atom. The summed E-state index contributed by atoms with van der Waals surface area (Å²) >= 11 is 4.20. The molecular weight excluding hydrogens is 652 g/mol. The second-order valence-electron chi connectivity index (χ2n) is 12.3. The number of guanidine groups is 1. The van der Waals surface area contributed by atoms with E-state index in [9.17, 15) is 28.8 Å².